The molecule has 0 spiro atoms. The van der Waals surface area contributed by atoms with Crippen molar-refractivity contribution in [1.29, 1.82) is 0 Å². The van der Waals surface area contributed by atoms with Crippen molar-refractivity contribution in [3.05, 3.63) is 52.7 Å². The maximum atomic E-state index is 14.6. The van der Waals surface area contributed by atoms with Gasteiger partial charge in [0, 0.05) is 17.5 Å². The normalized spacial score (nSPS) is 13.7. The smallest absolute Gasteiger partial charge is 0.149 e. The van der Waals surface area contributed by atoms with Gasteiger partial charge in [-0.15, -0.1) is 16.4 Å². The van der Waals surface area contributed by atoms with Gasteiger partial charge < -0.3 is 10.4 Å². The zero-order valence-electron chi connectivity index (χ0n) is 16.7. The average Bonchev–Trinajstić information content (AvgIpc) is 3.09. The first-order valence-corrected chi connectivity index (χ1v) is 10.3. The minimum atomic E-state index is -1.04. The van der Waals surface area contributed by atoms with Gasteiger partial charge in [-0.05, 0) is 44.4 Å². The quantitative estimate of drug-likeness (QED) is 0.499. The van der Waals surface area contributed by atoms with Crippen molar-refractivity contribution in [3.63, 3.8) is 0 Å². The van der Waals surface area contributed by atoms with Crippen LogP contribution in [-0.4, -0.2) is 25.3 Å². The molecule has 1 aromatic carbocycles. The van der Waals surface area contributed by atoms with Crippen LogP contribution in [0.3, 0.4) is 0 Å². The summed E-state index contributed by atoms with van der Waals surface area (Å²) in [6, 6.07) is 4.86. The predicted molar refractivity (Wildman–Crippen MR) is 114 cm³/mol. The number of nitrogens with zero attached hydrogens (tertiary/aromatic N) is 4. The van der Waals surface area contributed by atoms with Gasteiger partial charge in [-0.1, -0.05) is 19.1 Å². The largest absolute Gasteiger partial charge is 0.385 e. The van der Waals surface area contributed by atoms with Crippen LogP contribution >= 0.6 is 11.3 Å². The molecule has 0 aliphatic rings. The summed E-state index contributed by atoms with van der Waals surface area (Å²) in [6.07, 6.45) is 2.01. The van der Waals surface area contributed by atoms with Gasteiger partial charge in [0.2, 0.25) is 0 Å². The summed E-state index contributed by atoms with van der Waals surface area (Å²) in [7, 11) is 0. The Morgan fingerprint density at radius 2 is 2.00 bits per heavy atom. The van der Waals surface area contributed by atoms with Crippen LogP contribution in [0.2, 0.25) is 0 Å². The molecule has 0 amide bonds. The Bertz CT molecular complexity index is 1220. The molecule has 6 nitrogen and oxygen atoms in total. The number of hydrogen-bond donors (Lipinski definition) is 2. The molecule has 0 aliphatic carbocycles. The molecule has 0 fully saturated rings. The molecule has 4 rings (SSSR count). The van der Waals surface area contributed by atoms with Gasteiger partial charge in [-0.3, -0.25) is 0 Å². The Morgan fingerprint density at radius 1 is 1.21 bits per heavy atom. The van der Waals surface area contributed by atoms with E-state index in [1.165, 1.54) is 23.7 Å². The maximum Gasteiger partial charge on any atom is 0.149 e. The van der Waals surface area contributed by atoms with Crippen molar-refractivity contribution < 1.29 is 9.50 Å². The SMILES string of the molecule is CCC(C)(O)c1ccc(CNc2ncnc3c2sc2nnc(C)c(C)c23)c(F)c1. The van der Waals surface area contributed by atoms with Crippen molar-refractivity contribution in [3.8, 4) is 0 Å². The van der Waals surface area contributed by atoms with Crippen LogP contribution in [0.4, 0.5) is 10.2 Å². The highest BCUT2D eigenvalue weighted by Crippen LogP contribution is 2.36. The van der Waals surface area contributed by atoms with Crippen molar-refractivity contribution in [2.24, 2.45) is 0 Å². The summed E-state index contributed by atoms with van der Waals surface area (Å²) in [6.45, 7) is 7.76. The second-order valence-corrected chi connectivity index (χ2v) is 8.38. The number of anilines is 1. The lowest BCUT2D eigenvalue weighted by molar-refractivity contribution is 0.0527. The summed E-state index contributed by atoms with van der Waals surface area (Å²) < 4.78 is 15.5. The van der Waals surface area contributed by atoms with Gasteiger partial charge >= 0.3 is 0 Å². The molecule has 3 aromatic heterocycles. The summed E-state index contributed by atoms with van der Waals surface area (Å²) in [5, 5.41) is 23.0. The molecule has 150 valence electrons. The lowest BCUT2D eigenvalue weighted by Crippen LogP contribution is -2.20. The third kappa shape index (κ3) is 3.42. The molecule has 1 atom stereocenters. The fourth-order valence-electron chi connectivity index (χ4n) is 3.22. The average molecular weight is 412 g/mol. The van der Waals surface area contributed by atoms with E-state index in [1.54, 1.807) is 19.1 Å². The number of benzene rings is 1. The monoisotopic (exact) mass is 411 g/mol. The Hall–Kier alpha value is -2.71. The van der Waals surface area contributed by atoms with E-state index in [0.29, 0.717) is 23.4 Å². The Morgan fingerprint density at radius 3 is 2.72 bits per heavy atom. The van der Waals surface area contributed by atoms with Crippen molar-refractivity contribution in [2.45, 2.75) is 46.3 Å². The van der Waals surface area contributed by atoms with Crippen molar-refractivity contribution in [1.82, 2.24) is 20.2 Å². The number of fused-ring (bicyclic) bond motifs is 3. The van der Waals surface area contributed by atoms with E-state index in [9.17, 15) is 9.50 Å². The molecule has 2 N–H and O–H groups in total. The molecular formula is C21H22FN5OS. The van der Waals surface area contributed by atoms with Crippen LogP contribution in [0.5, 0.6) is 0 Å². The second kappa shape index (κ2) is 7.27. The van der Waals surface area contributed by atoms with E-state index in [2.05, 4.69) is 25.5 Å². The van der Waals surface area contributed by atoms with Gasteiger partial charge in [0.1, 0.15) is 22.8 Å². The van der Waals surface area contributed by atoms with Crippen LogP contribution in [-0.2, 0) is 12.1 Å². The minimum Gasteiger partial charge on any atom is -0.385 e. The highest BCUT2D eigenvalue weighted by Gasteiger charge is 2.22. The van der Waals surface area contributed by atoms with Crippen LogP contribution in [0.1, 0.15) is 42.7 Å². The highest BCUT2D eigenvalue weighted by molar-refractivity contribution is 7.25. The van der Waals surface area contributed by atoms with Crippen molar-refractivity contribution >= 4 is 37.6 Å². The highest BCUT2D eigenvalue weighted by atomic mass is 32.1. The van der Waals surface area contributed by atoms with E-state index in [-0.39, 0.29) is 12.4 Å². The first-order valence-electron chi connectivity index (χ1n) is 9.44. The second-order valence-electron chi connectivity index (χ2n) is 7.38. The molecule has 8 heteroatoms. The molecule has 0 saturated carbocycles. The number of aromatic nitrogens is 4. The first-order chi connectivity index (χ1) is 13.8. The molecule has 0 bridgehead atoms. The van der Waals surface area contributed by atoms with Crippen LogP contribution in [0.15, 0.2) is 24.5 Å². The number of hydrogen-bond acceptors (Lipinski definition) is 7. The summed E-state index contributed by atoms with van der Waals surface area (Å²) in [5.74, 6) is 0.279. The predicted octanol–water partition coefficient (Wildman–Crippen LogP) is 4.62. The fourth-order valence-corrected chi connectivity index (χ4v) is 4.32. The van der Waals surface area contributed by atoms with E-state index in [0.717, 1.165) is 31.7 Å². The van der Waals surface area contributed by atoms with Crippen LogP contribution in [0, 0.1) is 19.7 Å². The molecule has 0 saturated heterocycles. The summed E-state index contributed by atoms with van der Waals surface area (Å²) in [5.41, 5.74) is 2.78. The topological polar surface area (TPSA) is 83.8 Å². The van der Waals surface area contributed by atoms with Gasteiger partial charge in [-0.2, -0.15) is 5.10 Å². The number of rotatable bonds is 5. The molecule has 29 heavy (non-hydrogen) atoms. The standard InChI is InChI=1S/C21H22FN5OS/c1-5-21(4,28)14-7-6-13(15(22)8-14)9-23-19-18-17(24-10-25-19)16-11(2)12(3)26-27-20(16)29-18/h6-8,10,28H,5,9H2,1-4H3,(H,23,24,25). The number of halogens is 1. The minimum absolute atomic E-state index is 0.268. The number of nitrogens with one attached hydrogen (secondary N) is 1. The van der Waals surface area contributed by atoms with Gasteiger partial charge in [0.05, 0.1) is 21.5 Å². The molecule has 0 radical (unpaired) electrons. The summed E-state index contributed by atoms with van der Waals surface area (Å²) >= 11 is 1.47. The molecule has 3 heterocycles. The molecule has 4 aromatic rings. The molecule has 1 unspecified atom stereocenters. The molecule has 0 aliphatic heterocycles. The number of aliphatic hydroxyl groups is 1. The van der Waals surface area contributed by atoms with Crippen molar-refractivity contribution in [2.75, 3.05) is 5.32 Å². The van der Waals surface area contributed by atoms with Crippen LogP contribution < -0.4 is 5.32 Å². The molecular weight excluding hydrogens is 389 g/mol. The summed E-state index contributed by atoms with van der Waals surface area (Å²) in [4.78, 5) is 9.60. The van der Waals surface area contributed by atoms with Gasteiger partial charge in [0.25, 0.3) is 0 Å². The zero-order chi connectivity index (χ0) is 20.8. The van der Waals surface area contributed by atoms with Crippen LogP contribution in [0.25, 0.3) is 20.4 Å². The fraction of sp³-hybridized carbons (Fsp3) is 0.333. The van der Waals surface area contributed by atoms with E-state index < -0.39 is 5.60 Å². The Kier molecular flexibility index (Phi) is 4.92. The van der Waals surface area contributed by atoms with Gasteiger partial charge in [-0.25, -0.2) is 14.4 Å². The number of thiophene rings is 1. The lowest BCUT2D eigenvalue weighted by Gasteiger charge is -2.22. The van der Waals surface area contributed by atoms with E-state index in [1.807, 2.05) is 20.8 Å². The zero-order valence-corrected chi connectivity index (χ0v) is 17.6. The lowest BCUT2D eigenvalue weighted by atomic mass is 9.92. The third-order valence-corrected chi connectivity index (χ3v) is 6.54. The van der Waals surface area contributed by atoms with E-state index >= 15 is 0 Å². The Balaban J connectivity index is 1.66. The van der Waals surface area contributed by atoms with E-state index in [4.69, 9.17) is 0 Å². The maximum absolute atomic E-state index is 14.6. The van der Waals surface area contributed by atoms with Gasteiger partial charge in [0.15, 0.2) is 0 Å². The first kappa shape index (κ1) is 19.6. The Labute approximate surface area is 171 Å². The third-order valence-electron chi connectivity index (χ3n) is 5.47. The number of aryl methyl sites for hydroxylation is 2.